The molecule has 1 aliphatic heterocycles. The van der Waals surface area contributed by atoms with E-state index in [0.29, 0.717) is 37.9 Å². The average Bonchev–Trinajstić information content (AvgIpc) is 3.14. The fourth-order valence-corrected chi connectivity index (χ4v) is 2.91. The van der Waals surface area contributed by atoms with Gasteiger partial charge in [0.2, 0.25) is 12.3 Å². The number of aromatic nitrogens is 2. The van der Waals surface area contributed by atoms with Crippen molar-refractivity contribution in [1.82, 2.24) is 15.0 Å². The number of hydrogen-bond donors (Lipinski definition) is 0. The zero-order valence-corrected chi connectivity index (χ0v) is 14.1. The van der Waals surface area contributed by atoms with E-state index in [-0.39, 0.29) is 11.9 Å². The number of nitrogens with zero attached hydrogens (tertiary/aromatic N) is 3. The highest BCUT2D eigenvalue weighted by Gasteiger charge is 2.31. The first-order chi connectivity index (χ1) is 11.6. The third-order valence-corrected chi connectivity index (χ3v) is 4.40. The molecule has 0 bridgehead atoms. The lowest BCUT2D eigenvalue weighted by Crippen LogP contribution is -2.43. The van der Waals surface area contributed by atoms with E-state index in [1.54, 1.807) is 4.90 Å². The normalized spacial score (nSPS) is 18.1. The minimum Gasteiger partial charge on any atom is -0.377 e. The monoisotopic (exact) mass is 329 g/mol. The van der Waals surface area contributed by atoms with Crippen molar-refractivity contribution < 1.29 is 14.1 Å². The highest BCUT2D eigenvalue weighted by molar-refractivity contribution is 5.77. The molecule has 1 saturated heterocycles. The Kier molecular flexibility index (Phi) is 5.25. The molecule has 2 heterocycles. The van der Waals surface area contributed by atoms with Crippen LogP contribution in [-0.2, 0) is 16.0 Å². The quantitative estimate of drug-likeness (QED) is 0.843. The molecule has 24 heavy (non-hydrogen) atoms. The molecule has 1 aromatic carbocycles. The number of ether oxygens (including phenoxy) is 1. The molecule has 0 spiro atoms. The summed E-state index contributed by atoms with van der Waals surface area (Å²) in [6.45, 7) is 5.87. The number of morpholine rings is 1. The molecule has 2 aromatic rings. The molecule has 0 aliphatic carbocycles. The van der Waals surface area contributed by atoms with E-state index in [9.17, 15) is 4.79 Å². The second-order valence-electron chi connectivity index (χ2n) is 6.36. The molecule has 0 unspecified atom stereocenters. The van der Waals surface area contributed by atoms with Gasteiger partial charge in [-0.05, 0) is 23.5 Å². The van der Waals surface area contributed by atoms with Gasteiger partial charge in [-0.2, -0.15) is 4.98 Å². The van der Waals surface area contributed by atoms with Gasteiger partial charge in [0.1, 0.15) is 6.04 Å². The minimum atomic E-state index is -0.256. The molecule has 1 aliphatic rings. The van der Waals surface area contributed by atoms with Crippen LogP contribution in [-0.4, -0.2) is 40.7 Å². The van der Waals surface area contributed by atoms with Gasteiger partial charge < -0.3 is 14.2 Å². The average molecular weight is 329 g/mol. The van der Waals surface area contributed by atoms with Crippen LogP contribution in [0.3, 0.4) is 0 Å². The summed E-state index contributed by atoms with van der Waals surface area (Å²) in [5.74, 6) is 1.12. The van der Waals surface area contributed by atoms with E-state index in [1.807, 2.05) is 0 Å². The number of aryl methyl sites for hydroxylation is 1. The lowest BCUT2D eigenvalue weighted by atomic mass is 10.00. The molecule has 6 heteroatoms. The molecule has 0 radical (unpaired) electrons. The SMILES string of the molecule is CC(C)c1ccc(CCC(=O)N2CCOC[C@@H]2c2ncon2)cc1. The summed E-state index contributed by atoms with van der Waals surface area (Å²) in [6.07, 6.45) is 2.48. The van der Waals surface area contributed by atoms with E-state index >= 15 is 0 Å². The summed E-state index contributed by atoms with van der Waals surface area (Å²) >= 11 is 0. The fraction of sp³-hybridized carbons (Fsp3) is 0.500. The Balaban J connectivity index is 1.61. The van der Waals surface area contributed by atoms with Gasteiger partial charge in [0.05, 0.1) is 13.2 Å². The number of amides is 1. The summed E-state index contributed by atoms with van der Waals surface area (Å²) in [5, 5.41) is 3.86. The number of carbonyl (C=O) groups excluding carboxylic acids is 1. The number of benzene rings is 1. The van der Waals surface area contributed by atoms with Gasteiger partial charge in [-0.15, -0.1) is 0 Å². The molecule has 3 rings (SSSR count). The maximum Gasteiger partial charge on any atom is 0.223 e. The van der Waals surface area contributed by atoms with E-state index < -0.39 is 0 Å². The van der Waals surface area contributed by atoms with Crippen LogP contribution < -0.4 is 0 Å². The summed E-state index contributed by atoms with van der Waals surface area (Å²) in [6, 6.07) is 8.24. The third-order valence-electron chi connectivity index (χ3n) is 4.40. The highest BCUT2D eigenvalue weighted by Crippen LogP contribution is 2.23. The summed E-state index contributed by atoms with van der Waals surface area (Å²) in [5.41, 5.74) is 2.49. The zero-order chi connectivity index (χ0) is 16.9. The van der Waals surface area contributed by atoms with Crippen molar-refractivity contribution in [2.45, 2.75) is 38.6 Å². The zero-order valence-electron chi connectivity index (χ0n) is 14.1. The van der Waals surface area contributed by atoms with Crippen LogP contribution in [0.15, 0.2) is 35.2 Å². The van der Waals surface area contributed by atoms with Gasteiger partial charge in [0.25, 0.3) is 0 Å². The molecule has 0 saturated carbocycles. The van der Waals surface area contributed by atoms with Gasteiger partial charge in [-0.1, -0.05) is 43.3 Å². The van der Waals surface area contributed by atoms with Gasteiger partial charge in [0.15, 0.2) is 5.82 Å². The summed E-state index contributed by atoms with van der Waals surface area (Å²) < 4.78 is 10.3. The largest absolute Gasteiger partial charge is 0.377 e. The summed E-state index contributed by atoms with van der Waals surface area (Å²) in [7, 11) is 0. The van der Waals surface area contributed by atoms with Gasteiger partial charge in [-0.25, -0.2) is 0 Å². The lowest BCUT2D eigenvalue weighted by molar-refractivity contribution is -0.140. The van der Waals surface area contributed by atoms with Crippen LogP contribution in [0, 0.1) is 0 Å². The first kappa shape index (κ1) is 16.6. The van der Waals surface area contributed by atoms with Crippen LogP contribution in [0.2, 0.25) is 0 Å². The molecule has 1 fully saturated rings. The lowest BCUT2D eigenvalue weighted by Gasteiger charge is -2.33. The number of hydrogen-bond acceptors (Lipinski definition) is 5. The molecule has 128 valence electrons. The number of rotatable bonds is 5. The minimum absolute atomic E-state index is 0.0982. The van der Waals surface area contributed by atoms with Crippen molar-refractivity contribution in [2.24, 2.45) is 0 Å². The Morgan fingerprint density at radius 3 is 2.79 bits per heavy atom. The first-order valence-corrected chi connectivity index (χ1v) is 8.37. The van der Waals surface area contributed by atoms with Crippen molar-refractivity contribution in [1.29, 1.82) is 0 Å². The van der Waals surface area contributed by atoms with E-state index in [4.69, 9.17) is 9.26 Å². The Labute approximate surface area is 141 Å². The van der Waals surface area contributed by atoms with Gasteiger partial charge >= 0.3 is 0 Å². The standard InChI is InChI=1S/C18H23N3O3/c1-13(2)15-6-3-14(4-7-15)5-8-17(22)21-9-10-23-11-16(21)18-19-12-24-20-18/h3-4,6-7,12-13,16H,5,8-11H2,1-2H3/t16-/m1/s1. The first-order valence-electron chi connectivity index (χ1n) is 8.37. The molecule has 1 amide bonds. The molecule has 1 atom stereocenters. The number of carbonyl (C=O) groups is 1. The van der Waals surface area contributed by atoms with Crippen LogP contribution in [0.4, 0.5) is 0 Å². The Bertz CT molecular complexity index is 653. The maximum atomic E-state index is 12.6. The van der Waals surface area contributed by atoms with Crippen molar-refractivity contribution in [3.8, 4) is 0 Å². The van der Waals surface area contributed by atoms with Gasteiger partial charge in [0, 0.05) is 13.0 Å². The van der Waals surface area contributed by atoms with Crippen molar-refractivity contribution in [3.05, 3.63) is 47.6 Å². The Morgan fingerprint density at radius 2 is 2.12 bits per heavy atom. The van der Waals surface area contributed by atoms with E-state index in [0.717, 1.165) is 6.42 Å². The second-order valence-corrected chi connectivity index (χ2v) is 6.36. The highest BCUT2D eigenvalue weighted by atomic mass is 16.5. The fourth-order valence-electron chi connectivity index (χ4n) is 2.91. The Hall–Kier alpha value is -2.21. The van der Waals surface area contributed by atoms with Crippen LogP contribution >= 0.6 is 0 Å². The van der Waals surface area contributed by atoms with Crippen LogP contribution in [0.1, 0.15) is 49.2 Å². The summed E-state index contributed by atoms with van der Waals surface area (Å²) in [4.78, 5) is 18.5. The van der Waals surface area contributed by atoms with Crippen LogP contribution in [0.25, 0.3) is 0 Å². The van der Waals surface area contributed by atoms with Crippen molar-refractivity contribution in [2.75, 3.05) is 19.8 Å². The van der Waals surface area contributed by atoms with Crippen molar-refractivity contribution in [3.63, 3.8) is 0 Å². The molecule has 1 aromatic heterocycles. The predicted molar refractivity (Wildman–Crippen MR) is 88.4 cm³/mol. The Morgan fingerprint density at radius 1 is 1.33 bits per heavy atom. The third kappa shape index (κ3) is 3.82. The maximum absolute atomic E-state index is 12.6. The molecule has 0 N–H and O–H groups in total. The second kappa shape index (κ2) is 7.57. The van der Waals surface area contributed by atoms with Crippen molar-refractivity contribution >= 4 is 5.91 Å². The van der Waals surface area contributed by atoms with E-state index in [1.165, 1.54) is 17.5 Å². The smallest absolute Gasteiger partial charge is 0.223 e. The molecular formula is C18H23N3O3. The predicted octanol–water partition coefficient (Wildman–Crippen LogP) is 2.73. The van der Waals surface area contributed by atoms with Crippen LogP contribution in [0.5, 0.6) is 0 Å². The topological polar surface area (TPSA) is 68.5 Å². The molecular weight excluding hydrogens is 306 g/mol. The molecule has 6 nitrogen and oxygen atoms in total. The van der Waals surface area contributed by atoms with Gasteiger partial charge in [-0.3, -0.25) is 4.79 Å². The van der Waals surface area contributed by atoms with E-state index in [2.05, 4.69) is 48.3 Å².